The van der Waals surface area contributed by atoms with Gasteiger partial charge in [-0.15, -0.1) is 0 Å². The van der Waals surface area contributed by atoms with Crippen molar-refractivity contribution in [2.24, 2.45) is 0 Å². The molecule has 1 aromatic rings. The van der Waals surface area contributed by atoms with Gasteiger partial charge in [0.15, 0.2) is 11.6 Å². The summed E-state index contributed by atoms with van der Waals surface area (Å²) in [5, 5.41) is 0. The van der Waals surface area contributed by atoms with Crippen molar-refractivity contribution in [1.82, 2.24) is 4.90 Å². The monoisotopic (exact) mass is 214 g/mol. The van der Waals surface area contributed by atoms with Crippen LogP contribution in [0.4, 0.5) is 14.5 Å². The Hall–Kier alpha value is -1.65. The Balaban J connectivity index is 2.97. The second kappa shape index (κ2) is 4.25. The topological polar surface area (TPSA) is 46.3 Å². The highest BCUT2D eigenvalue weighted by Gasteiger charge is 2.14. The van der Waals surface area contributed by atoms with Crippen molar-refractivity contribution in [1.29, 1.82) is 0 Å². The Labute approximate surface area is 86.5 Å². The van der Waals surface area contributed by atoms with Gasteiger partial charge in [0.05, 0.1) is 12.1 Å². The zero-order valence-corrected chi connectivity index (χ0v) is 8.55. The fourth-order valence-electron chi connectivity index (χ4n) is 1.06. The molecule has 3 nitrogen and oxygen atoms in total. The maximum absolute atomic E-state index is 13.3. The minimum Gasteiger partial charge on any atom is -0.396 e. The van der Waals surface area contributed by atoms with Gasteiger partial charge >= 0.3 is 0 Å². The lowest BCUT2D eigenvalue weighted by molar-refractivity contribution is -0.128. The first kappa shape index (κ1) is 11.4. The van der Waals surface area contributed by atoms with Crippen LogP contribution in [0.2, 0.25) is 0 Å². The fourth-order valence-corrected chi connectivity index (χ4v) is 1.06. The van der Waals surface area contributed by atoms with Crippen LogP contribution in [0.25, 0.3) is 0 Å². The molecule has 0 unspecified atom stereocenters. The van der Waals surface area contributed by atoms with Crippen molar-refractivity contribution < 1.29 is 13.6 Å². The molecule has 0 fully saturated rings. The molecule has 0 bridgehead atoms. The van der Waals surface area contributed by atoms with Crippen molar-refractivity contribution in [3.05, 3.63) is 29.3 Å². The first-order chi connectivity index (χ1) is 6.93. The molecule has 0 aliphatic heterocycles. The van der Waals surface area contributed by atoms with Gasteiger partial charge in [0.25, 0.3) is 0 Å². The van der Waals surface area contributed by atoms with Crippen LogP contribution >= 0.6 is 0 Å². The van der Waals surface area contributed by atoms with Gasteiger partial charge in [0, 0.05) is 19.7 Å². The van der Waals surface area contributed by atoms with Crippen LogP contribution in [0.5, 0.6) is 0 Å². The van der Waals surface area contributed by atoms with Gasteiger partial charge in [0.1, 0.15) is 0 Å². The highest BCUT2D eigenvalue weighted by atomic mass is 19.2. The van der Waals surface area contributed by atoms with E-state index in [0.717, 1.165) is 0 Å². The van der Waals surface area contributed by atoms with Crippen LogP contribution in [-0.4, -0.2) is 24.9 Å². The molecule has 1 amide bonds. The summed E-state index contributed by atoms with van der Waals surface area (Å²) in [7, 11) is 3.10. The third-order valence-electron chi connectivity index (χ3n) is 2.03. The number of likely N-dealkylation sites (N-methyl/N-ethyl adjacent to an activating group) is 1. The summed E-state index contributed by atoms with van der Waals surface area (Å²) in [4.78, 5) is 12.6. The SMILES string of the molecule is CN(C)C(=O)Cc1ccc(N)c(F)c1F. The number of nitrogen functional groups attached to an aromatic ring is 1. The van der Waals surface area contributed by atoms with Crippen LogP contribution < -0.4 is 5.73 Å². The van der Waals surface area contributed by atoms with Crippen LogP contribution in [-0.2, 0) is 11.2 Å². The molecule has 0 aliphatic carbocycles. The van der Waals surface area contributed by atoms with Crippen molar-refractivity contribution >= 4 is 11.6 Å². The van der Waals surface area contributed by atoms with Crippen molar-refractivity contribution in [2.75, 3.05) is 19.8 Å². The van der Waals surface area contributed by atoms with E-state index in [0.29, 0.717) is 0 Å². The molecule has 0 aromatic heterocycles. The molecular formula is C10H12F2N2O. The second-order valence-corrected chi connectivity index (χ2v) is 3.41. The zero-order chi connectivity index (χ0) is 11.6. The Bertz CT molecular complexity index is 391. The van der Waals surface area contributed by atoms with E-state index in [1.807, 2.05) is 0 Å². The summed E-state index contributed by atoms with van der Waals surface area (Å²) in [5.74, 6) is -2.44. The average molecular weight is 214 g/mol. The zero-order valence-electron chi connectivity index (χ0n) is 8.55. The Morgan fingerprint density at radius 3 is 2.47 bits per heavy atom. The lowest BCUT2D eigenvalue weighted by Crippen LogP contribution is -2.24. The van der Waals surface area contributed by atoms with E-state index in [9.17, 15) is 13.6 Å². The molecule has 1 aromatic carbocycles. The summed E-state index contributed by atoms with van der Waals surface area (Å²) in [6.07, 6.45) is -0.171. The van der Waals surface area contributed by atoms with E-state index in [1.165, 1.54) is 17.0 Å². The summed E-state index contributed by atoms with van der Waals surface area (Å²) < 4.78 is 26.3. The van der Waals surface area contributed by atoms with E-state index in [2.05, 4.69) is 0 Å². The number of halogens is 2. The Kier molecular flexibility index (Phi) is 3.24. The van der Waals surface area contributed by atoms with Crippen LogP contribution in [0.1, 0.15) is 5.56 Å². The van der Waals surface area contributed by atoms with Gasteiger partial charge in [-0.2, -0.15) is 0 Å². The van der Waals surface area contributed by atoms with Gasteiger partial charge < -0.3 is 10.6 Å². The van der Waals surface area contributed by atoms with Gasteiger partial charge in [-0.25, -0.2) is 8.78 Å². The Morgan fingerprint density at radius 1 is 1.33 bits per heavy atom. The van der Waals surface area contributed by atoms with Crippen LogP contribution in [0, 0.1) is 11.6 Å². The first-order valence-electron chi connectivity index (χ1n) is 4.36. The summed E-state index contributed by atoms with van der Waals surface area (Å²) >= 11 is 0. The number of hydrogen-bond acceptors (Lipinski definition) is 2. The van der Waals surface area contributed by atoms with Crippen molar-refractivity contribution in [3.63, 3.8) is 0 Å². The number of benzene rings is 1. The molecule has 82 valence electrons. The van der Waals surface area contributed by atoms with Crippen LogP contribution in [0.15, 0.2) is 12.1 Å². The summed E-state index contributed by atoms with van der Waals surface area (Å²) in [6.45, 7) is 0. The molecule has 0 atom stereocenters. The number of nitrogens with two attached hydrogens (primary N) is 1. The molecule has 0 heterocycles. The number of nitrogens with zero attached hydrogens (tertiary/aromatic N) is 1. The largest absolute Gasteiger partial charge is 0.396 e. The van der Waals surface area contributed by atoms with Crippen LogP contribution in [0.3, 0.4) is 0 Å². The number of hydrogen-bond donors (Lipinski definition) is 1. The first-order valence-corrected chi connectivity index (χ1v) is 4.36. The van der Waals surface area contributed by atoms with E-state index >= 15 is 0 Å². The molecular weight excluding hydrogens is 202 g/mol. The van der Waals surface area contributed by atoms with Crippen molar-refractivity contribution in [2.45, 2.75) is 6.42 Å². The smallest absolute Gasteiger partial charge is 0.226 e. The van der Waals surface area contributed by atoms with E-state index < -0.39 is 11.6 Å². The summed E-state index contributed by atoms with van der Waals surface area (Å²) in [5.41, 5.74) is 4.93. The van der Waals surface area contributed by atoms with Gasteiger partial charge in [-0.05, 0) is 6.07 Å². The Morgan fingerprint density at radius 2 is 1.93 bits per heavy atom. The quantitative estimate of drug-likeness (QED) is 0.751. The lowest BCUT2D eigenvalue weighted by atomic mass is 10.1. The maximum atomic E-state index is 13.3. The normalized spacial score (nSPS) is 10.1. The molecule has 0 saturated heterocycles. The average Bonchev–Trinajstić information content (AvgIpc) is 2.18. The maximum Gasteiger partial charge on any atom is 0.226 e. The molecule has 0 spiro atoms. The molecule has 0 radical (unpaired) electrons. The molecule has 1 rings (SSSR count). The standard InChI is InChI=1S/C10H12F2N2O/c1-14(2)8(15)5-6-3-4-7(13)10(12)9(6)11/h3-4H,5,13H2,1-2H3. The highest BCUT2D eigenvalue weighted by Crippen LogP contribution is 2.18. The van der Waals surface area contributed by atoms with E-state index in [4.69, 9.17) is 5.73 Å². The summed E-state index contributed by atoms with van der Waals surface area (Å²) in [6, 6.07) is 2.56. The number of amides is 1. The number of carbonyl (C=O) groups is 1. The minimum atomic E-state index is -1.10. The molecule has 0 aliphatic rings. The number of anilines is 1. The number of carbonyl (C=O) groups excluding carboxylic acids is 1. The van der Waals surface area contributed by atoms with E-state index in [-0.39, 0.29) is 23.6 Å². The third kappa shape index (κ3) is 2.43. The second-order valence-electron chi connectivity index (χ2n) is 3.41. The van der Waals surface area contributed by atoms with Gasteiger partial charge in [0.2, 0.25) is 5.91 Å². The predicted octanol–water partition coefficient (Wildman–Crippen LogP) is 1.18. The molecule has 0 saturated carbocycles. The van der Waals surface area contributed by atoms with E-state index in [1.54, 1.807) is 14.1 Å². The van der Waals surface area contributed by atoms with Gasteiger partial charge in [-0.3, -0.25) is 4.79 Å². The minimum absolute atomic E-state index is 0.0143. The predicted molar refractivity (Wildman–Crippen MR) is 53.2 cm³/mol. The molecule has 15 heavy (non-hydrogen) atoms. The molecule has 2 N–H and O–H groups in total. The van der Waals surface area contributed by atoms with Gasteiger partial charge in [-0.1, -0.05) is 6.07 Å². The molecule has 5 heteroatoms. The lowest BCUT2D eigenvalue weighted by Gasteiger charge is -2.11. The number of rotatable bonds is 2. The third-order valence-corrected chi connectivity index (χ3v) is 2.03. The van der Waals surface area contributed by atoms with Crippen molar-refractivity contribution in [3.8, 4) is 0 Å². The fraction of sp³-hybridized carbons (Fsp3) is 0.300. The highest BCUT2D eigenvalue weighted by molar-refractivity contribution is 5.78.